The molecule has 3 heterocycles. The Labute approximate surface area is 216 Å². The van der Waals surface area contributed by atoms with Gasteiger partial charge in [0, 0.05) is 32.8 Å². The van der Waals surface area contributed by atoms with Gasteiger partial charge in [0.25, 0.3) is 0 Å². The van der Waals surface area contributed by atoms with Crippen molar-refractivity contribution in [2.45, 2.75) is 39.4 Å². The number of esters is 1. The van der Waals surface area contributed by atoms with Gasteiger partial charge in [0.1, 0.15) is 5.00 Å². The number of carbonyl (C=O) groups excluding carboxylic acids is 2. The molecule has 7 nitrogen and oxygen atoms in total. The van der Waals surface area contributed by atoms with Gasteiger partial charge in [-0.15, -0.1) is 32.9 Å². The van der Waals surface area contributed by atoms with Crippen molar-refractivity contribution in [3.8, 4) is 22.5 Å². The van der Waals surface area contributed by atoms with Crippen LogP contribution in [0.3, 0.4) is 0 Å². The van der Waals surface area contributed by atoms with Crippen LogP contribution < -0.4 is 5.32 Å². The van der Waals surface area contributed by atoms with Crippen molar-refractivity contribution in [2.24, 2.45) is 0 Å². The first-order valence-corrected chi connectivity index (χ1v) is 13.7. The SMILES string of the molecule is CCn1c(SCC(=O)Nc2sc(C)c(C)c2C(=O)OC)nnc1-c1csc(C)c1-c1ccccc1. The van der Waals surface area contributed by atoms with Gasteiger partial charge < -0.3 is 14.6 Å². The Morgan fingerprint density at radius 3 is 2.54 bits per heavy atom. The number of nitrogens with zero attached hydrogens (tertiary/aromatic N) is 3. The molecule has 0 saturated carbocycles. The van der Waals surface area contributed by atoms with Gasteiger partial charge in [-0.05, 0) is 38.8 Å². The molecule has 0 aliphatic rings. The summed E-state index contributed by atoms with van der Waals surface area (Å²) in [4.78, 5) is 27.1. The first kappa shape index (κ1) is 25.2. The normalized spacial score (nSPS) is 11.0. The fraction of sp³-hybridized carbons (Fsp3) is 0.280. The quantitative estimate of drug-likeness (QED) is 0.217. The Morgan fingerprint density at radius 1 is 1.11 bits per heavy atom. The highest BCUT2D eigenvalue weighted by molar-refractivity contribution is 7.99. The average molecular weight is 527 g/mol. The molecule has 0 aliphatic carbocycles. The molecule has 3 aromatic heterocycles. The maximum Gasteiger partial charge on any atom is 0.341 e. The lowest BCUT2D eigenvalue weighted by Crippen LogP contribution is -2.16. The zero-order valence-electron chi connectivity index (χ0n) is 20.2. The number of aryl methyl sites for hydroxylation is 2. The number of thioether (sulfide) groups is 1. The fourth-order valence-corrected chi connectivity index (χ4v) is 6.55. The molecule has 10 heteroatoms. The van der Waals surface area contributed by atoms with Gasteiger partial charge in [-0.2, -0.15) is 0 Å². The lowest BCUT2D eigenvalue weighted by Gasteiger charge is -2.09. The number of nitrogens with one attached hydrogen (secondary N) is 1. The monoisotopic (exact) mass is 526 g/mol. The Hall–Kier alpha value is -2.95. The van der Waals surface area contributed by atoms with Crippen LogP contribution in [0.1, 0.15) is 32.6 Å². The summed E-state index contributed by atoms with van der Waals surface area (Å²) in [5, 5.41) is 15.1. The lowest BCUT2D eigenvalue weighted by atomic mass is 10.0. The van der Waals surface area contributed by atoms with E-state index in [0.717, 1.165) is 33.0 Å². The second-order valence-corrected chi connectivity index (χ2v) is 11.1. The van der Waals surface area contributed by atoms with E-state index < -0.39 is 5.97 Å². The molecule has 0 bridgehead atoms. The molecule has 1 N–H and O–H groups in total. The molecule has 0 spiro atoms. The second kappa shape index (κ2) is 10.8. The summed E-state index contributed by atoms with van der Waals surface area (Å²) in [5.74, 6) is 0.259. The highest BCUT2D eigenvalue weighted by Gasteiger charge is 2.23. The van der Waals surface area contributed by atoms with E-state index in [-0.39, 0.29) is 11.7 Å². The molecule has 4 rings (SSSR count). The fourth-order valence-electron chi connectivity index (χ4n) is 3.82. The van der Waals surface area contributed by atoms with Gasteiger partial charge >= 0.3 is 5.97 Å². The molecular formula is C25H26N4O3S3. The van der Waals surface area contributed by atoms with E-state index >= 15 is 0 Å². The number of methoxy groups -OCH3 is 1. The van der Waals surface area contributed by atoms with Crippen molar-refractivity contribution in [3.63, 3.8) is 0 Å². The van der Waals surface area contributed by atoms with Crippen LogP contribution in [0.2, 0.25) is 0 Å². The zero-order valence-corrected chi connectivity index (χ0v) is 22.6. The number of aromatic nitrogens is 3. The van der Waals surface area contributed by atoms with Crippen molar-refractivity contribution < 1.29 is 14.3 Å². The van der Waals surface area contributed by atoms with E-state index in [2.05, 4.69) is 40.0 Å². The highest BCUT2D eigenvalue weighted by Crippen LogP contribution is 2.39. The molecule has 0 atom stereocenters. The van der Waals surface area contributed by atoms with Crippen LogP contribution in [-0.2, 0) is 16.1 Å². The molecule has 1 amide bonds. The maximum absolute atomic E-state index is 12.8. The predicted octanol–water partition coefficient (Wildman–Crippen LogP) is 6.20. The molecule has 35 heavy (non-hydrogen) atoms. The summed E-state index contributed by atoms with van der Waals surface area (Å²) >= 11 is 4.38. The zero-order chi connectivity index (χ0) is 25.1. The van der Waals surface area contributed by atoms with Gasteiger partial charge in [0.05, 0.1) is 18.4 Å². The number of ether oxygens (including phenoxy) is 1. The third-order valence-electron chi connectivity index (χ3n) is 5.67. The van der Waals surface area contributed by atoms with Crippen molar-refractivity contribution >= 4 is 51.3 Å². The van der Waals surface area contributed by atoms with E-state index in [1.807, 2.05) is 43.5 Å². The van der Waals surface area contributed by atoms with Crippen LogP contribution in [0.4, 0.5) is 5.00 Å². The summed E-state index contributed by atoms with van der Waals surface area (Å²) in [6, 6.07) is 10.3. The van der Waals surface area contributed by atoms with E-state index in [0.29, 0.717) is 22.3 Å². The maximum atomic E-state index is 12.8. The van der Waals surface area contributed by atoms with Crippen molar-refractivity contribution in [2.75, 3.05) is 18.2 Å². The molecule has 182 valence electrons. The van der Waals surface area contributed by atoms with E-state index in [9.17, 15) is 9.59 Å². The number of rotatable bonds is 8. The second-order valence-electron chi connectivity index (χ2n) is 7.81. The smallest absolute Gasteiger partial charge is 0.341 e. The minimum absolute atomic E-state index is 0.142. The lowest BCUT2D eigenvalue weighted by molar-refractivity contribution is -0.113. The van der Waals surface area contributed by atoms with E-state index in [1.54, 1.807) is 11.3 Å². The van der Waals surface area contributed by atoms with Crippen LogP contribution in [0, 0.1) is 20.8 Å². The van der Waals surface area contributed by atoms with Crippen LogP contribution in [0.25, 0.3) is 22.5 Å². The van der Waals surface area contributed by atoms with Gasteiger partial charge in [-0.25, -0.2) is 4.79 Å². The molecule has 0 radical (unpaired) electrons. The molecule has 0 unspecified atom stereocenters. The first-order chi connectivity index (χ1) is 16.8. The molecular weight excluding hydrogens is 501 g/mol. The Morgan fingerprint density at radius 2 is 1.86 bits per heavy atom. The number of anilines is 1. The minimum atomic E-state index is -0.453. The van der Waals surface area contributed by atoms with Gasteiger partial charge in [-0.3, -0.25) is 4.79 Å². The average Bonchev–Trinajstić information content (AvgIpc) is 3.52. The van der Waals surface area contributed by atoms with Crippen LogP contribution >= 0.6 is 34.4 Å². The number of thiophene rings is 2. The van der Waals surface area contributed by atoms with Gasteiger partial charge in [-0.1, -0.05) is 42.1 Å². The Kier molecular flexibility index (Phi) is 7.73. The topological polar surface area (TPSA) is 86.1 Å². The molecule has 0 aliphatic heterocycles. The summed E-state index contributed by atoms with van der Waals surface area (Å²) in [6.07, 6.45) is 0. The third kappa shape index (κ3) is 5.05. The largest absolute Gasteiger partial charge is 0.465 e. The van der Waals surface area contributed by atoms with E-state index in [1.165, 1.54) is 35.1 Å². The Bertz CT molecular complexity index is 1370. The van der Waals surface area contributed by atoms with Crippen molar-refractivity contribution in [3.05, 3.63) is 56.6 Å². The number of amides is 1. The number of benzene rings is 1. The molecule has 0 saturated heterocycles. The number of hydrogen-bond acceptors (Lipinski definition) is 8. The first-order valence-electron chi connectivity index (χ1n) is 11.0. The van der Waals surface area contributed by atoms with Crippen molar-refractivity contribution in [1.82, 2.24) is 14.8 Å². The van der Waals surface area contributed by atoms with Crippen LogP contribution in [0.15, 0.2) is 40.9 Å². The van der Waals surface area contributed by atoms with Crippen LogP contribution in [-0.4, -0.2) is 39.5 Å². The van der Waals surface area contributed by atoms with E-state index in [4.69, 9.17) is 4.74 Å². The predicted molar refractivity (Wildman–Crippen MR) is 144 cm³/mol. The minimum Gasteiger partial charge on any atom is -0.465 e. The van der Waals surface area contributed by atoms with Gasteiger partial charge in [0.15, 0.2) is 11.0 Å². The van der Waals surface area contributed by atoms with Crippen molar-refractivity contribution in [1.29, 1.82) is 0 Å². The standard InChI is InChI=1S/C25H26N4O3S3/c1-6-29-22(18-12-33-16(4)21(18)17-10-8-7-9-11-17)27-28-25(29)34-13-19(30)26-23-20(24(31)32-5)14(2)15(3)35-23/h7-12H,6,13H2,1-5H3,(H,26,30). The molecule has 0 fully saturated rings. The summed E-state index contributed by atoms with van der Waals surface area (Å²) in [5.41, 5.74) is 4.57. The third-order valence-corrected chi connectivity index (χ3v) is 8.67. The summed E-state index contributed by atoms with van der Waals surface area (Å²) in [6.45, 7) is 8.59. The summed E-state index contributed by atoms with van der Waals surface area (Å²) < 4.78 is 6.92. The molecule has 4 aromatic rings. The molecule has 1 aromatic carbocycles. The summed E-state index contributed by atoms with van der Waals surface area (Å²) in [7, 11) is 1.34. The highest BCUT2D eigenvalue weighted by atomic mass is 32.2. The van der Waals surface area contributed by atoms with Crippen LogP contribution in [0.5, 0.6) is 0 Å². The van der Waals surface area contributed by atoms with Gasteiger partial charge in [0.2, 0.25) is 5.91 Å². The Balaban J connectivity index is 1.54. The number of carbonyl (C=O) groups is 2. The number of hydrogen-bond donors (Lipinski definition) is 1.